The van der Waals surface area contributed by atoms with E-state index in [4.69, 9.17) is 5.11 Å². The van der Waals surface area contributed by atoms with Crippen molar-refractivity contribution in [1.82, 2.24) is 5.32 Å². The fourth-order valence-corrected chi connectivity index (χ4v) is 1.96. The minimum atomic E-state index is 0.135. The van der Waals surface area contributed by atoms with Crippen LogP contribution in [-0.2, 0) is 13.2 Å². The van der Waals surface area contributed by atoms with Gasteiger partial charge in [0, 0.05) is 6.54 Å². The van der Waals surface area contributed by atoms with Crippen molar-refractivity contribution in [2.75, 3.05) is 6.54 Å². The molecule has 0 atom stereocenters. The molecule has 1 aromatic carbocycles. The van der Waals surface area contributed by atoms with E-state index in [0.717, 1.165) is 24.6 Å². The minimum Gasteiger partial charge on any atom is -0.392 e. The summed E-state index contributed by atoms with van der Waals surface area (Å²) in [5.74, 6) is 0.908. The molecule has 0 heterocycles. The van der Waals surface area contributed by atoms with Crippen LogP contribution in [0.25, 0.3) is 0 Å². The van der Waals surface area contributed by atoms with Gasteiger partial charge in [-0.25, -0.2) is 0 Å². The Kier molecular flexibility index (Phi) is 3.75. The van der Waals surface area contributed by atoms with Crippen molar-refractivity contribution in [2.45, 2.75) is 32.4 Å². The van der Waals surface area contributed by atoms with Gasteiger partial charge < -0.3 is 10.4 Å². The van der Waals surface area contributed by atoms with Crippen LogP contribution in [0.3, 0.4) is 0 Å². The smallest absolute Gasteiger partial charge is 0.0681 e. The molecule has 2 N–H and O–H groups in total. The molecule has 0 bridgehead atoms. The molecule has 0 unspecified atom stereocenters. The summed E-state index contributed by atoms with van der Waals surface area (Å²) in [7, 11) is 0. The number of rotatable bonds is 5. The first kappa shape index (κ1) is 10.7. The Bertz CT molecular complexity index is 307. The van der Waals surface area contributed by atoms with E-state index < -0.39 is 0 Å². The van der Waals surface area contributed by atoms with Crippen LogP contribution in [0.2, 0.25) is 0 Å². The summed E-state index contributed by atoms with van der Waals surface area (Å²) in [6, 6.07) is 8.13. The topological polar surface area (TPSA) is 32.3 Å². The maximum atomic E-state index is 9.00. The molecule has 1 aromatic rings. The van der Waals surface area contributed by atoms with E-state index in [1.165, 1.54) is 24.8 Å². The molecule has 2 heteroatoms. The third-order valence-corrected chi connectivity index (χ3v) is 3.16. The largest absolute Gasteiger partial charge is 0.392 e. The number of aliphatic hydroxyl groups is 1. The van der Waals surface area contributed by atoms with Gasteiger partial charge in [0.1, 0.15) is 0 Å². The Morgan fingerprint density at radius 3 is 2.73 bits per heavy atom. The Balaban J connectivity index is 1.76. The maximum Gasteiger partial charge on any atom is 0.0681 e. The summed E-state index contributed by atoms with van der Waals surface area (Å²) < 4.78 is 0. The van der Waals surface area contributed by atoms with Gasteiger partial charge in [-0.15, -0.1) is 0 Å². The lowest BCUT2D eigenvalue weighted by Gasteiger charge is -2.25. The monoisotopic (exact) mass is 205 g/mol. The molecule has 0 aliphatic heterocycles. The lowest BCUT2D eigenvalue weighted by Crippen LogP contribution is -2.26. The summed E-state index contributed by atoms with van der Waals surface area (Å²) in [4.78, 5) is 0. The summed E-state index contributed by atoms with van der Waals surface area (Å²) in [6.07, 6.45) is 4.19. The Morgan fingerprint density at radius 2 is 2.07 bits per heavy atom. The van der Waals surface area contributed by atoms with E-state index >= 15 is 0 Å². The van der Waals surface area contributed by atoms with E-state index in [1.807, 2.05) is 12.1 Å². The van der Waals surface area contributed by atoms with Crippen molar-refractivity contribution in [3.63, 3.8) is 0 Å². The van der Waals surface area contributed by atoms with Crippen LogP contribution in [0.5, 0.6) is 0 Å². The molecular weight excluding hydrogens is 186 g/mol. The number of hydrogen-bond acceptors (Lipinski definition) is 2. The molecule has 0 radical (unpaired) electrons. The van der Waals surface area contributed by atoms with Crippen molar-refractivity contribution in [3.8, 4) is 0 Å². The number of benzene rings is 1. The molecular formula is C13H19NO. The fourth-order valence-electron chi connectivity index (χ4n) is 1.96. The highest BCUT2D eigenvalue weighted by Crippen LogP contribution is 2.25. The third kappa shape index (κ3) is 3.05. The first-order valence-corrected chi connectivity index (χ1v) is 5.78. The second kappa shape index (κ2) is 5.29. The second-order valence-electron chi connectivity index (χ2n) is 4.41. The minimum absolute atomic E-state index is 0.135. The average molecular weight is 205 g/mol. The van der Waals surface area contributed by atoms with E-state index in [2.05, 4.69) is 17.4 Å². The van der Waals surface area contributed by atoms with Gasteiger partial charge in [0.25, 0.3) is 0 Å². The van der Waals surface area contributed by atoms with E-state index in [-0.39, 0.29) is 6.61 Å². The Labute approximate surface area is 91.3 Å². The van der Waals surface area contributed by atoms with Crippen molar-refractivity contribution in [3.05, 3.63) is 35.4 Å². The van der Waals surface area contributed by atoms with Crippen molar-refractivity contribution in [1.29, 1.82) is 0 Å². The van der Waals surface area contributed by atoms with Crippen LogP contribution in [0.15, 0.2) is 24.3 Å². The maximum absolute atomic E-state index is 9.00. The van der Waals surface area contributed by atoms with Gasteiger partial charge in [-0.1, -0.05) is 30.7 Å². The molecule has 0 spiro atoms. The van der Waals surface area contributed by atoms with Crippen LogP contribution in [0, 0.1) is 5.92 Å². The molecule has 1 saturated carbocycles. The van der Waals surface area contributed by atoms with E-state index in [9.17, 15) is 0 Å². The highest BCUT2D eigenvalue weighted by atomic mass is 16.3. The molecule has 1 fully saturated rings. The Hall–Kier alpha value is -0.860. The first-order chi connectivity index (χ1) is 7.38. The van der Waals surface area contributed by atoms with Gasteiger partial charge in [0.05, 0.1) is 6.61 Å². The predicted molar refractivity (Wildman–Crippen MR) is 61.4 cm³/mol. The molecule has 15 heavy (non-hydrogen) atoms. The molecule has 2 rings (SSSR count). The first-order valence-electron chi connectivity index (χ1n) is 5.78. The van der Waals surface area contributed by atoms with Gasteiger partial charge in [0.15, 0.2) is 0 Å². The van der Waals surface area contributed by atoms with Gasteiger partial charge in [-0.3, -0.25) is 0 Å². The quantitative estimate of drug-likeness (QED) is 0.771. The summed E-state index contributed by atoms with van der Waals surface area (Å²) in [5.41, 5.74) is 2.26. The lowest BCUT2D eigenvalue weighted by atomic mass is 9.85. The van der Waals surface area contributed by atoms with Crippen LogP contribution >= 0.6 is 0 Å². The molecule has 2 nitrogen and oxygen atoms in total. The zero-order valence-corrected chi connectivity index (χ0v) is 9.08. The molecule has 1 aliphatic carbocycles. The molecule has 82 valence electrons. The zero-order chi connectivity index (χ0) is 10.5. The lowest BCUT2D eigenvalue weighted by molar-refractivity contribution is 0.281. The van der Waals surface area contributed by atoms with Crippen molar-refractivity contribution in [2.24, 2.45) is 5.92 Å². The fraction of sp³-hybridized carbons (Fsp3) is 0.538. The molecule has 1 aliphatic rings. The van der Waals surface area contributed by atoms with E-state index in [1.54, 1.807) is 0 Å². The van der Waals surface area contributed by atoms with Crippen molar-refractivity contribution < 1.29 is 5.11 Å². The highest BCUT2D eigenvalue weighted by molar-refractivity contribution is 5.22. The normalized spacial score (nSPS) is 16.3. The van der Waals surface area contributed by atoms with Gasteiger partial charge >= 0.3 is 0 Å². The molecule has 0 amide bonds. The second-order valence-corrected chi connectivity index (χ2v) is 4.41. The van der Waals surface area contributed by atoms with Crippen LogP contribution in [0.4, 0.5) is 0 Å². The SMILES string of the molecule is OCc1cccc(CNCC2CCC2)c1. The van der Waals surface area contributed by atoms with Crippen molar-refractivity contribution >= 4 is 0 Å². The summed E-state index contributed by atoms with van der Waals surface area (Å²) in [6.45, 7) is 2.20. The zero-order valence-electron chi connectivity index (χ0n) is 9.08. The number of hydrogen-bond donors (Lipinski definition) is 2. The summed E-state index contributed by atoms with van der Waals surface area (Å²) >= 11 is 0. The predicted octanol–water partition coefficient (Wildman–Crippen LogP) is 2.07. The van der Waals surface area contributed by atoms with Crippen LogP contribution in [0.1, 0.15) is 30.4 Å². The number of nitrogens with one attached hydrogen (secondary N) is 1. The summed E-state index contributed by atoms with van der Waals surface area (Å²) in [5, 5.41) is 12.5. The van der Waals surface area contributed by atoms with Gasteiger partial charge in [0.2, 0.25) is 0 Å². The molecule has 0 aromatic heterocycles. The van der Waals surface area contributed by atoms with Gasteiger partial charge in [-0.2, -0.15) is 0 Å². The number of aliphatic hydroxyl groups excluding tert-OH is 1. The average Bonchev–Trinajstić information content (AvgIpc) is 2.22. The van der Waals surface area contributed by atoms with Crippen LogP contribution < -0.4 is 5.32 Å². The Morgan fingerprint density at radius 1 is 1.27 bits per heavy atom. The third-order valence-electron chi connectivity index (χ3n) is 3.16. The molecule has 0 saturated heterocycles. The van der Waals surface area contributed by atoms with Crippen LogP contribution in [-0.4, -0.2) is 11.7 Å². The standard InChI is InChI=1S/C13H19NO/c15-10-13-6-2-5-12(7-13)9-14-8-11-3-1-4-11/h2,5-7,11,14-15H,1,3-4,8-10H2. The van der Waals surface area contributed by atoms with Gasteiger partial charge in [-0.05, 0) is 36.4 Å². The van der Waals surface area contributed by atoms with E-state index in [0.29, 0.717) is 0 Å². The highest BCUT2D eigenvalue weighted by Gasteiger charge is 2.16.